The first-order chi connectivity index (χ1) is 10.8. The van der Waals surface area contributed by atoms with Gasteiger partial charge in [0.1, 0.15) is 17.7 Å². The maximum atomic E-state index is 13.0. The molecule has 1 heterocycles. The van der Waals surface area contributed by atoms with Gasteiger partial charge < -0.3 is 14.4 Å². The van der Waals surface area contributed by atoms with Crippen LogP contribution in [0, 0.1) is 11.7 Å². The summed E-state index contributed by atoms with van der Waals surface area (Å²) in [6, 6.07) is 6.08. The Morgan fingerprint density at radius 3 is 2.30 bits per heavy atom. The summed E-state index contributed by atoms with van der Waals surface area (Å²) in [7, 11) is 0. The first-order valence-electron chi connectivity index (χ1n) is 7.99. The number of rotatable bonds is 3. The molecule has 1 aromatic rings. The van der Waals surface area contributed by atoms with E-state index in [0.717, 1.165) is 24.7 Å². The van der Waals surface area contributed by atoms with Crippen LogP contribution in [0.2, 0.25) is 0 Å². The quantitative estimate of drug-likeness (QED) is 0.797. The van der Waals surface area contributed by atoms with E-state index in [1.807, 2.05) is 20.8 Å². The SMILES string of the molecule is CC(C)(C)OC(=O)N1CCC(C(C=O)c2ccc(F)cc2)CC1. The molecule has 0 saturated carbocycles. The Bertz CT molecular complexity index is 542. The molecule has 0 spiro atoms. The summed E-state index contributed by atoms with van der Waals surface area (Å²) in [5.41, 5.74) is 0.324. The topological polar surface area (TPSA) is 46.6 Å². The number of carbonyl (C=O) groups excluding carboxylic acids is 2. The van der Waals surface area contributed by atoms with E-state index in [1.165, 1.54) is 12.1 Å². The van der Waals surface area contributed by atoms with Crippen molar-refractivity contribution < 1.29 is 18.7 Å². The Hall–Kier alpha value is -1.91. The van der Waals surface area contributed by atoms with Gasteiger partial charge in [0.25, 0.3) is 0 Å². The fraction of sp³-hybridized carbons (Fsp3) is 0.556. The number of likely N-dealkylation sites (tertiary alicyclic amines) is 1. The molecule has 1 unspecified atom stereocenters. The first kappa shape index (κ1) is 17.4. The highest BCUT2D eigenvalue weighted by Crippen LogP contribution is 2.32. The Labute approximate surface area is 136 Å². The third-order valence-electron chi connectivity index (χ3n) is 4.10. The second-order valence-corrected chi connectivity index (χ2v) is 7.02. The Kier molecular flexibility index (Phi) is 5.39. The first-order valence-corrected chi connectivity index (χ1v) is 7.99. The van der Waals surface area contributed by atoms with Crippen molar-refractivity contribution in [3.8, 4) is 0 Å². The molecule has 1 atom stereocenters. The minimum atomic E-state index is -0.507. The van der Waals surface area contributed by atoms with Crippen molar-refractivity contribution >= 4 is 12.4 Å². The van der Waals surface area contributed by atoms with Crippen LogP contribution in [0.25, 0.3) is 0 Å². The molecule has 1 aliphatic heterocycles. The predicted octanol–water partition coefficient (Wildman–Crippen LogP) is 3.76. The highest BCUT2D eigenvalue weighted by Gasteiger charge is 2.31. The fourth-order valence-electron chi connectivity index (χ4n) is 2.91. The van der Waals surface area contributed by atoms with Crippen molar-refractivity contribution in [1.82, 2.24) is 4.90 Å². The van der Waals surface area contributed by atoms with E-state index in [4.69, 9.17) is 4.74 Å². The minimum absolute atomic E-state index is 0.164. The highest BCUT2D eigenvalue weighted by molar-refractivity contribution is 5.68. The lowest BCUT2D eigenvalue weighted by atomic mass is 9.81. The summed E-state index contributed by atoms with van der Waals surface area (Å²) in [6.07, 6.45) is 2.10. The highest BCUT2D eigenvalue weighted by atomic mass is 19.1. The second kappa shape index (κ2) is 7.11. The van der Waals surface area contributed by atoms with E-state index in [0.29, 0.717) is 13.1 Å². The molecule has 1 aliphatic rings. The van der Waals surface area contributed by atoms with Gasteiger partial charge >= 0.3 is 6.09 Å². The molecule has 126 valence electrons. The molecule has 0 bridgehead atoms. The van der Waals surface area contributed by atoms with Gasteiger partial charge in [-0.2, -0.15) is 0 Å². The van der Waals surface area contributed by atoms with E-state index in [1.54, 1.807) is 17.0 Å². The maximum Gasteiger partial charge on any atom is 0.410 e. The molecule has 4 nitrogen and oxygen atoms in total. The molecule has 1 amide bonds. The zero-order chi connectivity index (χ0) is 17.0. The molecular formula is C18H24FNO3. The van der Waals surface area contributed by atoms with Crippen molar-refractivity contribution in [1.29, 1.82) is 0 Å². The van der Waals surface area contributed by atoms with Gasteiger partial charge in [-0.1, -0.05) is 12.1 Å². The standard InChI is InChI=1S/C18H24FNO3/c1-18(2,3)23-17(22)20-10-8-14(9-11-20)16(12-21)13-4-6-15(19)7-5-13/h4-7,12,14,16H,8-11H2,1-3H3. The molecule has 0 radical (unpaired) electrons. The van der Waals surface area contributed by atoms with Crippen molar-refractivity contribution in [3.63, 3.8) is 0 Å². The van der Waals surface area contributed by atoms with Crippen molar-refractivity contribution in [2.24, 2.45) is 5.92 Å². The number of aldehydes is 1. The van der Waals surface area contributed by atoms with Crippen LogP contribution in [0.4, 0.5) is 9.18 Å². The Balaban J connectivity index is 1.96. The normalized spacial score (nSPS) is 17.7. The zero-order valence-corrected chi connectivity index (χ0v) is 13.9. The lowest BCUT2D eigenvalue weighted by Gasteiger charge is -2.35. The van der Waals surface area contributed by atoms with Gasteiger partial charge in [-0.15, -0.1) is 0 Å². The van der Waals surface area contributed by atoms with Crippen LogP contribution < -0.4 is 0 Å². The Morgan fingerprint density at radius 2 is 1.83 bits per heavy atom. The van der Waals surface area contributed by atoms with Crippen LogP contribution in [-0.2, 0) is 9.53 Å². The van der Waals surface area contributed by atoms with Gasteiger partial charge in [-0.05, 0) is 57.2 Å². The molecular weight excluding hydrogens is 297 g/mol. The number of hydrogen-bond donors (Lipinski definition) is 0. The molecule has 23 heavy (non-hydrogen) atoms. The minimum Gasteiger partial charge on any atom is -0.444 e. The van der Waals surface area contributed by atoms with Crippen LogP contribution in [0.15, 0.2) is 24.3 Å². The number of nitrogens with zero attached hydrogens (tertiary/aromatic N) is 1. The average Bonchev–Trinajstić information content (AvgIpc) is 2.49. The smallest absolute Gasteiger partial charge is 0.410 e. The lowest BCUT2D eigenvalue weighted by molar-refractivity contribution is -0.110. The molecule has 5 heteroatoms. The summed E-state index contributed by atoms with van der Waals surface area (Å²) in [4.78, 5) is 25.2. The number of benzene rings is 1. The van der Waals surface area contributed by atoms with Crippen LogP contribution in [0.3, 0.4) is 0 Å². The molecule has 0 N–H and O–H groups in total. The van der Waals surface area contributed by atoms with Crippen molar-refractivity contribution in [2.45, 2.75) is 45.1 Å². The van der Waals surface area contributed by atoms with Crippen LogP contribution in [0.1, 0.15) is 45.1 Å². The number of carbonyl (C=O) groups is 2. The van der Waals surface area contributed by atoms with E-state index in [2.05, 4.69) is 0 Å². The summed E-state index contributed by atoms with van der Waals surface area (Å²) in [6.45, 7) is 6.67. The van der Waals surface area contributed by atoms with Crippen molar-refractivity contribution in [2.75, 3.05) is 13.1 Å². The summed E-state index contributed by atoms with van der Waals surface area (Å²) in [5.74, 6) is -0.397. The van der Waals surface area contributed by atoms with Gasteiger partial charge in [0.15, 0.2) is 0 Å². The molecule has 0 aliphatic carbocycles. The molecule has 1 fully saturated rings. The third kappa shape index (κ3) is 4.78. The van der Waals surface area contributed by atoms with Gasteiger partial charge in [0.05, 0.1) is 0 Å². The number of halogens is 1. The number of ether oxygens (including phenoxy) is 1. The van der Waals surface area contributed by atoms with E-state index < -0.39 is 5.60 Å². The lowest BCUT2D eigenvalue weighted by Crippen LogP contribution is -2.42. The predicted molar refractivity (Wildman–Crippen MR) is 85.7 cm³/mol. The van der Waals surface area contributed by atoms with E-state index in [9.17, 15) is 14.0 Å². The number of amides is 1. The summed E-state index contributed by atoms with van der Waals surface area (Å²) < 4.78 is 18.4. The summed E-state index contributed by atoms with van der Waals surface area (Å²) in [5, 5.41) is 0. The molecule has 1 saturated heterocycles. The van der Waals surface area contributed by atoms with Gasteiger partial charge in [-0.3, -0.25) is 0 Å². The number of hydrogen-bond acceptors (Lipinski definition) is 3. The van der Waals surface area contributed by atoms with E-state index in [-0.39, 0.29) is 23.7 Å². The second-order valence-electron chi connectivity index (χ2n) is 7.02. The molecule has 0 aromatic heterocycles. The fourth-order valence-corrected chi connectivity index (χ4v) is 2.91. The average molecular weight is 321 g/mol. The van der Waals surface area contributed by atoms with Gasteiger partial charge in [-0.25, -0.2) is 9.18 Å². The van der Waals surface area contributed by atoms with E-state index >= 15 is 0 Å². The van der Waals surface area contributed by atoms with Gasteiger partial charge in [0.2, 0.25) is 0 Å². The zero-order valence-electron chi connectivity index (χ0n) is 13.9. The van der Waals surface area contributed by atoms with Crippen LogP contribution in [0.5, 0.6) is 0 Å². The van der Waals surface area contributed by atoms with Crippen molar-refractivity contribution in [3.05, 3.63) is 35.6 Å². The molecule has 1 aromatic carbocycles. The maximum absolute atomic E-state index is 13.0. The number of piperidine rings is 1. The largest absolute Gasteiger partial charge is 0.444 e. The Morgan fingerprint density at radius 1 is 1.26 bits per heavy atom. The summed E-state index contributed by atoms with van der Waals surface area (Å²) >= 11 is 0. The van der Waals surface area contributed by atoms with Crippen LogP contribution >= 0.6 is 0 Å². The molecule has 2 rings (SSSR count). The van der Waals surface area contributed by atoms with Crippen LogP contribution in [-0.4, -0.2) is 36.0 Å². The monoisotopic (exact) mass is 321 g/mol. The van der Waals surface area contributed by atoms with Gasteiger partial charge in [0, 0.05) is 19.0 Å². The third-order valence-corrected chi connectivity index (χ3v) is 4.10.